The van der Waals surface area contributed by atoms with Gasteiger partial charge in [-0.25, -0.2) is 0 Å². The zero-order valence-corrected chi connectivity index (χ0v) is 12.2. The molecule has 0 saturated heterocycles. The number of aromatic nitrogens is 3. The predicted octanol–water partition coefficient (Wildman–Crippen LogP) is 4.16. The van der Waals surface area contributed by atoms with E-state index in [1.54, 1.807) is 0 Å². The lowest BCUT2D eigenvalue weighted by Gasteiger charge is -2.15. The van der Waals surface area contributed by atoms with Crippen LogP contribution in [0.2, 0.25) is 0 Å². The van der Waals surface area contributed by atoms with Crippen molar-refractivity contribution in [1.82, 2.24) is 14.8 Å². The van der Waals surface area contributed by atoms with Crippen LogP contribution in [0.1, 0.15) is 39.0 Å². The fraction of sp³-hybridized carbons (Fsp3) is 0.529. The van der Waals surface area contributed by atoms with Crippen LogP contribution < -0.4 is 0 Å². The lowest BCUT2D eigenvalue weighted by Crippen LogP contribution is -2.13. The highest BCUT2D eigenvalue weighted by atomic mass is 15.3. The second-order valence-corrected chi connectivity index (χ2v) is 5.93. The average molecular weight is 269 g/mol. The van der Waals surface area contributed by atoms with Gasteiger partial charge in [0.15, 0.2) is 0 Å². The lowest BCUT2D eigenvalue weighted by molar-refractivity contribution is 0.343. The molecular weight excluding hydrogens is 246 g/mol. The Hall–Kier alpha value is -1.64. The summed E-state index contributed by atoms with van der Waals surface area (Å²) < 4.78 is 2.13. The average Bonchev–Trinajstić information content (AvgIpc) is 3.23. The van der Waals surface area contributed by atoms with Crippen molar-refractivity contribution in [2.24, 2.45) is 11.8 Å². The summed E-state index contributed by atoms with van der Waals surface area (Å²) in [5.74, 6) is 1.77. The van der Waals surface area contributed by atoms with E-state index in [0.717, 1.165) is 18.4 Å². The van der Waals surface area contributed by atoms with E-state index in [0.29, 0.717) is 0 Å². The minimum absolute atomic E-state index is 0.820. The number of unbranched alkanes of at least 4 members (excludes halogenated alkanes) is 1. The number of pyridine rings is 1. The van der Waals surface area contributed by atoms with Crippen molar-refractivity contribution in [3.05, 3.63) is 36.9 Å². The molecule has 2 aromatic rings. The number of hydrogen-bond acceptors (Lipinski definition) is 2. The standard InChI is InChI=1S/C17H23N3/c1-2-3-4-16(14-5-6-14)12-20-13-17(11-19-20)15-7-9-18-10-8-15/h7-11,13-14,16H,2-6,12H2,1H3. The highest BCUT2D eigenvalue weighted by molar-refractivity contribution is 5.60. The summed E-state index contributed by atoms with van der Waals surface area (Å²) in [6.45, 7) is 3.36. The highest BCUT2D eigenvalue weighted by Crippen LogP contribution is 2.40. The Morgan fingerprint density at radius 1 is 1.25 bits per heavy atom. The molecule has 0 aromatic carbocycles. The van der Waals surface area contributed by atoms with Gasteiger partial charge in [-0.1, -0.05) is 19.8 Å². The quantitative estimate of drug-likeness (QED) is 0.755. The zero-order valence-electron chi connectivity index (χ0n) is 12.2. The Bertz CT molecular complexity index is 528. The van der Waals surface area contributed by atoms with Crippen molar-refractivity contribution < 1.29 is 0 Å². The molecule has 0 spiro atoms. The molecule has 0 N–H and O–H groups in total. The molecule has 1 saturated carbocycles. The lowest BCUT2D eigenvalue weighted by atomic mass is 9.97. The molecule has 0 bridgehead atoms. The van der Waals surface area contributed by atoms with Crippen LogP contribution in [0.15, 0.2) is 36.9 Å². The van der Waals surface area contributed by atoms with Gasteiger partial charge in [0.2, 0.25) is 0 Å². The normalized spacial score (nSPS) is 16.2. The summed E-state index contributed by atoms with van der Waals surface area (Å²) in [5.41, 5.74) is 2.39. The van der Waals surface area contributed by atoms with Gasteiger partial charge in [0, 0.05) is 30.7 Å². The van der Waals surface area contributed by atoms with Crippen LogP contribution in [0.5, 0.6) is 0 Å². The van der Waals surface area contributed by atoms with Crippen LogP contribution in [-0.4, -0.2) is 14.8 Å². The van der Waals surface area contributed by atoms with Crippen LogP contribution in [0.25, 0.3) is 11.1 Å². The maximum atomic E-state index is 4.55. The largest absolute Gasteiger partial charge is 0.272 e. The molecule has 1 aliphatic rings. The van der Waals surface area contributed by atoms with Gasteiger partial charge in [0.1, 0.15) is 0 Å². The number of hydrogen-bond donors (Lipinski definition) is 0. The van der Waals surface area contributed by atoms with Crippen LogP contribution in [0, 0.1) is 11.8 Å². The molecule has 20 heavy (non-hydrogen) atoms. The molecule has 1 unspecified atom stereocenters. The minimum atomic E-state index is 0.820. The smallest absolute Gasteiger partial charge is 0.0568 e. The van der Waals surface area contributed by atoms with E-state index >= 15 is 0 Å². The molecule has 3 nitrogen and oxygen atoms in total. The van der Waals surface area contributed by atoms with Gasteiger partial charge in [-0.2, -0.15) is 5.10 Å². The second-order valence-electron chi connectivity index (χ2n) is 5.93. The maximum Gasteiger partial charge on any atom is 0.0568 e. The molecule has 0 amide bonds. The van der Waals surface area contributed by atoms with Crippen molar-refractivity contribution in [2.45, 2.75) is 45.6 Å². The van der Waals surface area contributed by atoms with Crippen molar-refractivity contribution in [2.75, 3.05) is 0 Å². The van der Waals surface area contributed by atoms with Gasteiger partial charge < -0.3 is 0 Å². The Kier molecular flexibility index (Phi) is 4.14. The molecule has 3 rings (SSSR count). The van der Waals surface area contributed by atoms with E-state index in [1.807, 2.05) is 30.7 Å². The summed E-state index contributed by atoms with van der Waals surface area (Å²) in [4.78, 5) is 4.06. The third kappa shape index (κ3) is 3.27. The number of rotatable bonds is 7. The molecule has 1 aliphatic carbocycles. The van der Waals surface area contributed by atoms with Gasteiger partial charge in [-0.05, 0) is 48.8 Å². The van der Waals surface area contributed by atoms with Gasteiger partial charge in [-0.15, -0.1) is 0 Å². The molecule has 1 atom stereocenters. The number of nitrogens with zero attached hydrogens (tertiary/aromatic N) is 3. The Morgan fingerprint density at radius 3 is 2.75 bits per heavy atom. The first-order chi connectivity index (χ1) is 9.86. The van der Waals surface area contributed by atoms with Gasteiger partial charge in [0.05, 0.1) is 6.20 Å². The van der Waals surface area contributed by atoms with Crippen molar-refractivity contribution in [3.8, 4) is 11.1 Å². The van der Waals surface area contributed by atoms with Crippen LogP contribution >= 0.6 is 0 Å². The van der Waals surface area contributed by atoms with Crippen LogP contribution in [-0.2, 0) is 6.54 Å². The zero-order chi connectivity index (χ0) is 13.8. The monoisotopic (exact) mass is 269 g/mol. The molecule has 1 fully saturated rings. The molecule has 0 radical (unpaired) electrons. The molecule has 106 valence electrons. The molecule has 2 aromatic heterocycles. The van der Waals surface area contributed by atoms with Crippen molar-refractivity contribution in [1.29, 1.82) is 0 Å². The third-order valence-electron chi connectivity index (χ3n) is 4.29. The third-order valence-corrected chi connectivity index (χ3v) is 4.29. The van der Waals surface area contributed by atoms with E-state index in [4.69, 9.17) is 0 Å². The van der Waals surface area contributed by atoms with E-state index in [-0.39, 0.29) is 0 Å². The summed E-state index contributed by atoms with van der Waals surface area (Å²) in [5, 5.41) is 4.55. The fourth-order valence-electron chi connectivity index (χ4n) is 2.91. The Balaban J connectivity index is 1.67. The minimum Gasteiger partial charge on any atom is -0.272 e. The van der Waals surface area contributed by atoms with E-state index in [2.05, 4.69) is 27.9 Å². The van der Waals surface area contributed by atoms with Gasteiger partial charge >= 0.3 is 0 Å². The van der Waals surface area contributed by atoms with Crippen molar-refractivity contribution >= 4 is 0 Å². The predicted molar refractivity (Wildman–Crippen MR) is 81.2 cm³/mol. The first-order valence-electron chi connectivity index (χ1n) is 7.79. The Labute approximate surface area is 121 Å². The van der Waals surface area contributed by atoms with Crippen LogP contribution in [0.4, 0.5) is 0 Å². The first-order valence-corrected chi connectivity index (χ1v) is 7.79. The fourth-order valence-corrected chi connectivity index (χ4v) is 2.91. The molecule has 0 aliphatic heterocycles. The van der Waals surface area contributed by atoms with Crippen LogP contribution in [0.3, 0.4) is 0 Å². The van der Waals surface area contributed by atoms with Gasteiger partial charge in [0.25, 0.3) is 0 Å². The highest BCUT2D eigenvalue weighted by Gasteiger charge is 2.30. The molecular formula is C17H23N3. The molecule has 3 heteroatoms. The maximum absolute atomic E-state index is 4.55. The van der Waals surface area contributed by atoms with Gasteiger partial charge in [-0.3, -0.25) is 9.67 Å². The SMILES string of the molecule is CCCCC(Cn1cc(-c2ccncc2)cn1)C1CC1. The summed E-state index contributed by atoms with van der Waals surface area (Å²) in [7, 11) is 0. The summed E-state index contributed by atoms with van der Waals surface area (Å²) in [6, 6.07) is 4.08. The summed E-state index contributed by atoms with van der Waals surface area (Å²) in [6.07, 6.45) is 14.7. The van der Waals surface area contributed by atoms with E-state index < -0.39 is 0 Å². The van der Waals surface area contributed by atoms with E-state index in [1.165, 1.54) is 43.2 Å². The Morgan fingerprint density at radius 2 is 2.05 bits per heavy atom. The van der Waals surface area contributed by atoms with Crippen molar-refractivity contribution in [3.63, 3.8) is 0 Å². The first kappa shape index (κ1) is 13.3. The summed E-state index contributed by atoms with van der Waals surface area (Å²) >= 11 is 0. The topological polar surface area (TPSA) is 30.7 Å². The second kappa shape index (κ2) is 6.21. The van der Waals surface area contributed by atoms with E-state index in [9.17, 15) is 0 Å². The molecule has 2 heterocycles.